The zero-order valence-corrected chi connectivity index (χ0v) is 19.1. The predicted molar refractivity (Wildman–Crippen MR) is 129 cm³/mol. The van der Waals surface area contributed by atoms with Gasteiger partial charge < -0.3 is 5.11 Å². The molecule has 7 heteroatoms. The highest BCUT2D eigenvalue weighted by Gasteiger charge is 2.24. The Bertz CT molecular complexity index is 1190. The third-order valence-corrected chi connectivity index (χ3v) is 7.23. The lowest BCUT2D eigenvalue weighted by Gasteiger charge is -2.28. The lowest BCUT2D eigenvalue weighted by atomic mass is 9.77. The molecule has 6 nitrogen and oxygen atoms in total. The minimum Gasteiger partial charge on any atom is -0.481 e. The van der Waals surface area contributed by atoms with Gasteiger partial charge in [0.2, 0.25) is 0 Å². The summed E-state index contributed by atoms with van der Waals surface area (Å²) in [6.45, 7) is 0. The van der Waals surface area contributed by atoms with Crippen molar-refractivity contribution in [1.82, 2.24) is 20.2 Å². The van der Waals surface area contributed by atoms with Crippen LogP contribution in [0, 0.1) is 5.92 Å². The van der Waals surface area contributed by atoms with E-state index in [2.05, 4.69) is 61.3 Å². The number of carbonyl (C=O) groups is 1. The first-order chi connectivity index (χ1) is 16.1. The number of aromatic nitrogens is 4. The molecule has 1 aromatic carbocycles. The second-order valence-corrected chi connectivity index (χ2v) is 9.56. The third kappa shape index (κ3) is 5.20. The second kappa shape index (κ2) is 9.67. The van der Waals surface area contributed by atoms with Gasteiger partial charge in [0.05, 0.1) is 5.69 Å². The Morgan fingerprint density at radius 3 is 2.48 bits per heavy atom. The minimum absolute atomic E-state index is 0.303. The van der Waals surface area contributed by atoms with Crippen LogP contribution in [0.3, 0.4) is 0 Å². The van der Waals surface area contributed by atoms with Crippen molar-refractivity contribution >= 4 is 17.3 Å². The van der Waals surface area contributed by atoms with Crippen LogP contribution in [0.15, 0.2) is 59.4 Å². The van der Waals surface area contributed by atoms with E-state index >= 15 is 0 Å². The van der Waals surface area contributed by atoms with Crippen molar-refractivity contribution in [2.45, 2.75) is 44.4 Å². The van der Waals surface area contributed by atoms with Crippen LogP contribution in [0.4, 0.5) is 0 Å². The van der Waals surface area contributed by atoms with Crippen molar-refractivity contribution in [2.24, 2.45) is 5.92 Å². The lowest BCUT2D eigenvalue weighted by Crippen LogP contribution is -2.16. The summed E-state index contributed by atoms with van der Waals surface area (Å²) in [5.74, 6) is 1.68. The fraction of sp³-hybridized carbons (Fsp3) is 0.308. The second-order valence-electron chi connectivity index (χ2n) is 8.78. The third-order valence-electron chi connectivity index (χ3n) is 6.49. The average Bonchev–Trinajstić information content (AvgIpc) is 3.52. The summed E-state index contributed by atoms with van der Waals surface area (Å²) in [5.41, 5.74) is 5.46. The molecule has 1 fully saturated rings. The summed E-state index contributed by atoms with van der Waals surface area (Å²) in [6.07, 6.45) is 7.00. The molecule has 3 heterocycles. The molecule has 0 spiro atoms. The maximum Gasteiger partial charge on any atom is 0.303 e. The van der Waals surface area contributed by atoms with Gasteiger partial charge in [0.25, 0.3) is 0 Å². The highest BCUT2D eigenvalue weighted by Crippen LogP contribution is 2.37. The molecule has 4 aromatic rings. The number of benzene rings is 1. The fourth-order valence-corrected chi connectivity index (χ4v) is 5.33. The quantitative estimate of drug-likeness (QED) is 0.358. The van der Waals surface area contributed by atoms with Gasteiger partial charge in [0.15, 0.2) is 5.82 Å². The van der Waals surface area contributed by atoms with Crippen LogP contribution < -0.4 is 0 Å². The van der Waals surface area contributed by atoms with Gasteiger partial charge in [-0.1, -0.05) is 24.3 Å². The molecule has 0 aliphatic heterocycles. The maximum atomic E-state index is 10.9. The van der Waals surface area contributed by atoms with E-state index < -0.39 is 5.97 Å². The van der Waals surface area contributed by atoms with Crippen LogP contribution in [-0.4, -0.2) is 31.2 Å². The van der Waals surface area contributed by atoms with Crippen LogP contribution in [0.5, 0.6) is 0 Å². The van der Waals surface area contributed by atoms with Gasteiger partial charge in [-0.3, -0.25) is 14.9 Å². The molecule has 1 aliphatic carbocycles. The molecule has 1 saturated carbocycles. The Kier molecular flexibility index (Phi) is 6.30. The van der Waals surface area contributed by atoms with Gasteiger partial charge in [-0.15, -0.1) is 0 Å². The minimum atomic E-state index is -0.678. The SMILES string of the molecule is O=C(O)CC1CCC(c2ccc(-c3ccc(-c4n[nH]c(Cc5ccsc5)n4)cn3)cc2)CC1. The van der Waals surface area contributed by atoms with E-state index in [1.165, 1.54) is 11.1 Å². The number of hydrogen-bond acceptors (Lipinski definition) is 5. The first-order valence-electron chi connectivity index (χ1n) is 11.3. The van der Waals surface area contributed by atoms with Gasteiger partial charge in [-0.05, 0) is 77.6 Å². The van der Waals surface area contributed by atoms with E-state index in [1.54, 1.807) is 11.3 Å². The summed E-state index contributed by atoms with van der Waals surface area (Å²) in [6, 6.07) is 14.8. The van der Waals surface area contributed by atoms with E-state index in [0.29, 0.717) is 24.1 Å². The number of nitrogens with one attached hydrogen (secondary N) is 1. The summed E-state index contributed by atoms with van der Waals surface area (Å²) in [4.78, 5) is 20.2. The molecule has 33 heavy (non-hydrogen) atoms. The fourth-order valence-electron chi connectivity index (χ4n) is 4.66. The topological polar surface area (TPSA) is 91.8 Å². The number of nitrogens with zero attached hydrogens (tertiary/aromatic N) is 3. The molecule has 5 rings (SSSR count). The molecule has 0 bridgehead atoms. The molecule has 2 N–H and O–H groups in total. The van der Waals surface area contributed by atoms with E-state index in [0.717, 1.165) is 54.7 Å². The number of thiophene rings is 1. The zero-order chi connectivity index (χ0) is 22.6. The molecule has 3 aromatic heterocycles. The van der Waals surface area contributed by atoms with E-state index in [9.17, 15) is 4.79 Å². The lowest BCUT2D eigenvalue weighted by molar-refractivity contribution is -0.138. The first kappa shape index (κ1) is 21.5. The summed E-state index contributed by atoms with van der Waals surface area (Å²) in [5, 5.41) is 20.6. The van der Waals surface area contributed by atoms with Crippen LogP contribution in [0.25, 0.3) is 22.6 Å². The largest absolute Gasteiger partial charge is 0.481 e. The van der Waals surface area contributed by atoms with Crippen LogP contribution in [0.2, 0.25) is 0 Å². The van der Waals surface area contributed by atoms with Crippen LogP contribution in [-0.2, 0) is 11.2 Å². The monoisotopic (exact) mass is 458 g/mol. The van der Waals surface area contributed by atoms with Crippen molar-refractivity contribution in [3.63, 3.8) is 0 Å². The number of rotatable bonds is 7. The first-order valence-corrected chi connectivity index (χ1v) is 12.3. The van der Waals surface area contributed by atoms with E-state index in [1.807, 2.05) is 18.3 Å². The number of pyridine rings is 1. The number of H-pyrrole nitrogens is 1. The molecule has 0 saturated heterocycles. The van der Waals surface area contributed by atoms with Gasteiger partial charge in [-0.25, -0.2) is 4.98 Å². The highest BCUT2D eigenvalue weighted by atomic mass is 32.1. The zero-order valence-electron chi connectivity index (χ0n) is 18.3. The summed E-state index contributed by atoms with van der Waals surface area (Å²) >= 11 is 1.68. The highest BCUT2D eigenvalue weighted by molar-refractivity contribution is 7.07. The number of carboxylic acids is 1. The van der Waals surface area contributed by atoms with E-state index in [-0.39, 0.29) is 0 Å². The Morgan fingerprint density at radius 2 is 1.82 bits per heavy atom. The standard InChI is InChI=1S/C26H26N4O2S/c31-25(32)14-17-1-3-19(4-2-17)20-5-7-21(8-6-20)23-10-9-22(15-27-23)26-28-24(29-30-26)13-18-11-12-33-16-18/h5-12,15-17,19H,1-4,13-14H2,(H,31,32)(H,28,29,30). The Morgan fingerprint density at radius 1 is 1.03 bits per heavy atom. The molecule has 0 unspecified atom stereocenters. The molecule has 168 valence electrons. The van der Waals surface area contributed by atoms with Crippen molar-refractivity contribution in [1.29, 1.82) is 0 Å². The van der Waals surface area contributed by atoms with Crippen molar-refractivity contribution in [3.8, 4) is 22.6 Å². The molecule has 1 aliphatic rings. The van der Waals surface area contributed by atoms with Gasteiger partial charge in [0, 0.05) is 30.2 Å². The molecule has 0 radical (unpaired) electrons. The Labute approximate surface area is 196 Å². The van der Waals surface area contributed by atoms with Gasteiger partial charge in [0.1, 0.15) is 5.82 Å². The van der Waals surface area contributed by atoms with Crippen LogP contribution in [0.1, 0.15) is 55.0 Å². The Balaban J connectivity index is 1.22. The summed E-state index contributed by atoms with van der Waals surface area (Å²) in [7, 11) is 0. The summed E-state index contributed by atoms with van der Waals surface area (Å²) < 4.78 is 0. The smallest absolute Gasteiger partial charge is 0.303 e. The number of aromatic amines is 1. The van der Waals surface area contributed by atoms with Gasteiger partial charge in [-0.2, -0.15) is 16.4 Å². The normalized spacial score (nSPS) is 18.3. The molecular weight excluding hydrogens is 432 g/mol. The average molecular weight is 459 g/mol. The maximum absolute atomic E-state index is 10.9. The number of carboxylic acid groups (broad SMARTS) is 1. The molecule has 0 amide bonds. The van der Waals surface area contributed by atoms with Crippen molar-refractivity contribution in [3.05, 3.63) is 76.4 Å². The van der Waals surface area contributed by atoms with Crippen molar-refractivity contribution in [2.75, 3.05) is 0 Å². The molecule has 0 atom stereocenters. The van der Waals surface area contributed by atoms with Gasteiger partial charge >= 0.3 is 5.97 Å². The number of hydrogen-bond donors (Lipinski definition) is 2. The Hall–Kier alpha value is -3.32. The number of aliphatic carboxylic acids is 1. The predicted octanol–water partition coefficient (Wildman–Crippen LogP) is 5.93. The van der Waals surface area contributed by atoms with Crippen molar-refractivity contribution < 1.29 is 9.90 Å². The van der Waals surface area contributed by atoms with Crippen LogP contribution >= 0.6 is 11.3 Å². The van der Waals surface area contributed by atoms with E-state index in [4.69, 9.17) is 5.11 Å². The molecular formula is C26H26N4O2S.